The first-order valence-corrected chi connectivity index (χ1v) is 10.0. The van der Waals surface area contributed by atoms with E-state index < -0.39 is 5.97 Å². The van der Waals surface area contributed by atoms with Crippen molar-refractivity contribution in [3.8, 4) is 10.6 Å². The van der Waals surface area contributed by atoms with Crippen LogP contribution in [0.4, 0.5) is 4.39 Å². The standard InChI is InChI=1S/C20H23FN2O3S/c1-3-16-6-4-5-11-23(16)17(24)12-26-20(25)18-13(2)22-19(27-18)14-7-9-15(21)10-8-14/h7-10,16H,3-6,11-12H2,1-2H3/t16-/m0/s1. The normalized spacial score (nSPS) is 17.0. The molecule has 0 spiro atoms. The van der Waals surface area contributed by atoms with Gasteiger partial charge >= 0.3 is 5.97 Å². The first-order valence-electron chi connectivity index (χ1n) is 9.19. The highest BCUT2D eigenvalue weighted by Gasteiger charge is 2.26. The SMILES string of the molecule is CC[C@H]1CCCCN1C(=O)COC(=O)c1sc(-c2ccc(F)cc2)nc1C. The zero-order valence-electron chi connectivity index (χ0n) is 15.5. The molecule has 2 aromatic rings. The number of rotatable bonds is 5. The highest BCUT2D eigenvalue weighted by atomic mass is 32.1. The summed E-state index contributed by atoms with van der Waals surface area (Å²) < 4.78 is 18.3. The van der Waals surface area contributed by atoms with Crippen molar-refractivity contribution in [3.63, 3.8) is 0 Å². The number of thiazole rings is 1. The number of likely N-dealkylation sites (tertiary alicyclic amines) is 1. The molecule has 0 unspecified atom stereocenters. The third kappa shape index (κ3) is 4.53. The maximum absolute atomic E-state index is 13.1. The Hall–Kier alpha value is -2.28. The zero-order valence-corrected chi connectivity index (χ0v) is 16.4. The number of piperidine rings is 1. The number of ether oxygens (including phenoxy) is 1. The van der Waals surface area contributed by atoms with E-state index in [1.54, 1.807) is 19.1 Å². The molecule has 1 aromatic heterocycles. The fraction of sp³-hybridized carbons (Fsp3) is 0.450. The summed E-state index contributed by atoms with van der Waals surface area (Å²) >= 11 is 1.19. The highest BCUT2D eigenvalue weighted by Crippen LogP contribution is 2.28. The molecule has 0 N–H and O–H groups in total. The van der Waals surface area contributed by atoms with E-state index >= 15 is 0 Å². The number of halogens is 1. The van der Waals surface area contributed by atoms with Crippen LogP contribution in [0, 0.1) is 12.7 Å². The summed E-state index contributed by atoms with van der Waals surface area (Å²) in [7, 11) is 0. The molecule has 1 atom stereocenters. The van der Waals surface area contributed by atoms with Crippen molar-refractivity contribution in [1.29, 1.82) is 0 Å². The first-order chi connectivity index (χ1) is 13.0. The van der Waals surface area contributed by atoms with Gasteiger partial charge in [0.15, 0.2) is 6.61 Å². The Morgan fingerprint density at radius 2 is 2.04 bits per heavy atom. The van der Waals surface area contributed by atoms with Crippen molar-refractivity contribution in [2.45, 2.75) is 45.6 Å². The molecular formula is C20H23FN2O3S. The molecule has 1 aromatic carbocycles. The number of carbonyl (C=O) groups excluding carboxylic acids is 2. The van der Waals surface area contributed by atoms with Crippen molar-refractivity contribution < 1.29 is 18.7 Å². The lowest BCUT2D eigenvalue weighted by Crippen LogP contribution is -2.45. The molecule has 3 rings (SSSR count). The van der Waals surface area contributed by atoms with E-state index in [0.29, 0.717) is 15.6 Å². The summed E-state index contributed by atoms with van der Waals surface area (Å²) in [5.41, 5.74) is 1.28. The van der Waals surface area contributed by atoms with Crippen molar-refractivity contribution in [3.05, 3.63) is 40.7 Å². The first kappa shape index (κ1) is 19.5. The molecule has 0 radical (unpaired) electrons. The molecule has 1 saturated heterocycles. The lowest BCUT2D eigenvalue weighted by molar-refractivity contribution is -0.138. The average Bonchev–Trinajstić information content (AvgIpc) is 3.08. The molecule has 27 heavy (non-hydrogen) atoms. The molecule has 1 aliphatic rings. The Morgan fingerprint density at radius 1 is 1.30 bits per heavy atom. The number of nitrogens with zero attached hydrogens (tertiary/aromatic N) is 2. The van der Waals surface area contributed by atoms with Crippen LogP contribution in [0.2, 0.25) is 0 Å². The zero-order chi connectivity index (χ0) is 19.4. The minimum Gasteiger partial charge on any atom is -0.451 e. The van der Waals surface area contributed by atoms with Gasteiger partial charge in [-0.15, -0.1) is 11.3 Å². The molecule has 1 fully saturated rings. The van der Waals surface area contributed by atoms with Gasteiger partial charge in [0.2, 0.25) is 0 Å². The minimum absolute atomic E-state index is 0.143. The third-order valence-corrected chi connectivity index (χ3v) is 6.01. The van der Waals surface area contributed by atoms with E-state index in [-0.39, 0.29) is 24.4 Å². The number of aromatic nitrogens is 1. The Morgan fingerprint density at radius 3 is 2.74 bits per heavy atom. The van der Waals surface area contributed by atoms with Gasteiger partial charge in [0, 0.05) is 18.2 Å². The smallest absolute Gasteiger partial charge is 0.350 e. The van der Waals surface area contributed by atoms with Crippen molar-refractivity contribution in [2.75, 3.05) is 13.2 Å². The number of aryl methyl sites for hydroxylation is 1. The van der Waals surface area contributed by atoms with Crippen LogP contribution in [0.1, 0.15) is 48.0 Å². The topological polar surface area (TPSA) is 59.5 Å². The monoisotopic (exact) mass is 390 g/mol. The number of hydrogen-bond donors (Lipinski definition) is 0. The molecule has 144 valence electrons. The van der Waals surface area contributed by atoms with Crippen molar-refractivity contribution >= 4 is 23.2 Å². The number of amides is 1. The van der Waals surface area contributed by atoms with Crippen LogP contribution >= 0.6 is 11.3 Å². The van der Waals surface area contributed by atoms with E-state index in [0.717, 1.165) is 37.8 Å². The fourth-order valence-electron chi connectivity index (χ4n) is 3.33. The second-order valence-electron chi connectivity index (χ2n) is 6.66. The van der Waals surface area contributed by atoms with Gasteiger partial charge in [0.05, 0.1) is 5.69 Å². The summed E-state index contributed by atoms with van der Waals surface area (Å²) in [4.78, 5) is 31.4. The number of carbonyl (C=O) groups is 2. The van der Waals surface area contributed by atoms with Gasteiger partial charge in [-0.1, -0.05) is 6.92 Å². The molecule has 0 bridgehead atoms. The number of esters is 1. The van der Waals surface area contributed by atoms with Crippen LogP contribution in [0.5, 0.6) is 0 Å². The fourth-order valence-corrected chi connectivity index (χ4v) is 4.30. The van der Waals surface area contributed by atoms with Gasteiger partial charge in [0.25, 0.3) is 5.91 Å². The summed E-state index contributed by atoms with van der Waals surface area (Å²) in [5, 5.41) is 0.618. The van der Waals surface area contributed by atoms with Gasteiger partial charge < -0.3 is 9.64 Å². The Bertz CT molecular complexity index is 819. The van der Waals surface area contributed by atoms with Gasteiger partial charge in [-0.05, 0) is 56.9 Å². The van der Waals surface area contributed by atoms with Crippen LogP contribution in [-0.4, -0.2) is 41.0 Å². The summed E-state index contributed by atoms with van der Waals surface area (Å²) in [6.45, 7) is 4.27. The molecule has 5 nitrogen and oxygen atoms in total. The second-order valence-corrected chi connectivity index (χ2v) is 7.66. The van der Waals surface area contributed by atoms with Crippen LogP contribution in [0.3, 0.4) is 0 Å². The van der Waals surface area contributed by atoms with Crippen LogP contribution < -0.4 is 0 Å². The van der Waals surface area contributed by atoms with Gasteiger partial charge in [-0.2, -0.15) is 0 Å². The lowest BCUT2D eigenvalue weighted by Gasteiger charge is -2.35. The van der Waals surface area contributed by atoms with Crippen LogP contribution in [0.15, 0.2) is 24.3 Å². The molecule has 0 aliphatic carbocycles. The Kier molecular flexibility index (Phi) is 6.21. The molecule has 7 heteroatoms. The van der Waals surface area contributed by atoms with Gasteiger partial charge in [0.1, 0.15) is 15.7 Å². The van der Waals surface area contributed by atoms with E-state index in [1.165, 1.54) is 23.5 Å². The van der Waals surface area contributed by atoms with Crippen molar-refractivity contribution in [2.24, 2.45) is 0 Å². The van der Waals surface area contributed by atoms with E-state index in [9.17, 15) is 14.0 Å². The number of hydrogen-bond acceptors (Lipinski definition) is 5. The summed E-state index contributed by atoms with van der Waals surface area (Å²) in [5.74, 6) is -1.01. The van der Waals surface area contributed by atoms with E-state index in [1.807, 2.05) is 4.90 Å². The van der Waals surface area contributed by atoms with E-state index in [4.69, 9.17) is 4.74 Å². The minimum atomic E-state index is -0.545. The molecule has 1 aliphatic heterocycles. The maximum atomic E-state index is 13.1. The predicted molar refractivity (Wildman–Crippen MR) is 102 cm³/mol. The molecule has 1 amide bonds. The van der Waals surface area contributed by atoms with E-state index in [2.05, 4.69) is 11.9 Å². The van der Waals surface area contributed by atoms with Crippen molar-refractivity contribution in [1.82, 2.24) is 9.88 Å². The Balaban J connectivity index is 1.64. The van der Waals surface area contributed by atoms with Gasteiger partial charge in [-0.3, -0.25) is 4.79 Å². The largest absolute Gasteiger partial charge is 0.451 e. The predicted octanol–water partition coefficient (Wildman–Crippen LogP) is 4.21. The average molecular weight is 390 g/mol. The second kappa shape index (κ2) is 8.61. The quantitative estimate of drug-likeness (QED) is 0.718. The van der Waals surface area contributed by atoms with Gasteiger partial charge in [-0.25, -0.2) is 14.2 Å². The van der Waals surface area contributed by atoms with Crippen LogP contribution in [-0.2, 0) is 9.53 Å². The molecule has 0 saturated carbocycles. The maximum Gasteiger partial charge on any atom is 0.350 e. The third-order valence-electron chi connectivity index (χ3n) is 4.82. The number of benzene rings is 1. The highest BCUT2D eigenvalue weighted by molar-refractivity contribution is 7.17. The molecular weight excluding hydrogens is 367 g/mol. The Labute approximate surface area is 162 Å². The summed E-state index contributed by atoms with van der Waals surface area (Å²) in [6, 6.07) is 6.18. The molecule has 2 heterocycles. The lowest BCUT2D eigenvalue weighted by atomic mass is 10.00. The summed E-state index contributed by atoms with van der Waals surface area (Å²) in [6.07, 6.45) is 4.04. The van der Waals surface area contributed by atoms with Crippen LogP contribution in [0.25, 0.3) is 10.6 Å².